The van der Waals surface area contributed by atoms with Crippen molar-refractivity contribution in [3.8, 4) is 0 Å². The van der Waals surface area contributed by atoms with E-state index in [0.29, 0.717) is 3.55 Å². The molecule has 2 fully saturated rings. The number of piperidine rings is 1. The van der Waals surface area contributed by atoms with E-state index in [4.69, 9.17) is 0 Å². The minimum absolute atomic E-state index is 0.295. The number of likely N-dealkylation sites (tertiary alicyclic amines) is 1. The number of alkyl halides is 1. The van der Waals surface area contributed by atoms with Crippen LogP contribution in [0.25, 0.3) is 0 Å². The minimum Gasteiger partial charge on any atom is -0.299 e. The summed E-state index contributed by atoms with van der Waals surface area (Å²) >= 11 is 2.57. The first-order valence-electron chi connectivity index (χ1n) is 8.97. The molecule has 0 unspecified atom stereocenters. The van der Waals surface area contributed by atoms with Crippen LogP contribution >= 0.6 is 22.6 Å². The molecule has 2 saturated heterocycles. The van der Waals surface area contributed by atoms with E-state index in [9.17, 15) is 0 Å². The number of halogens is 1. The molecule has 0 saturated carbocycles. The lowest BCUT2D eigenvalue weighted by molar-refractivity contribution is 0.0441. The maximum atomic E-state index is 2.75. The average molecular weight is 427 g/mol. The molecule has 0 N–H and O–H groups in total. The third kappa shape index (κ3) is 4.91. The van der Waals surface area contributed by atoms with Crippen LogP contribution in [0.5, 0.6) is 0 Å². The lowest BCUT2D eigenvalue weighted by atomic mass is 10.0. The Morgan fingerprint density at radius 1 is 0.957 bits per heavy atom. The Balaban J connectivity index is 1.43. The van der Waals surface area contributed by atoms with Crippen LogP contribution in [0.1, 0.15) is 32.3 Å². The summed E-state index contributed by atoms with van der Waals surface area (Å²) in [5.74, 6) is 0. The zero-order chi connectivity index (χ0) is 16.3. The number of hydrogen-bond donors (Lipinski definition) is 0. The Hall–Kier alpha value is -0.170. The molecule has 0 amide bonds. The second-order valence-electron chi connectivity index (χ2n) is 7.43. The monoisotopic (exact) mass is 427 g/mol. The van der Waals surface area contributed by atoms with Crippen LogP contribution in [0.4, 0.5) is 0 Å². The molecule has 0 aliphatic carbocycles. The molecule has 4 heteroatoms. The highest BCUT2D eigenvalue weighted by Crippen LogP contribution is 2.26. The van der Waals surface area contributed by atoms with Gasteiger partial charge in [0.05, 0.1) is 3.55 Å². The van der Waals surface area contributed by atoms with Gasteiger partial charge in [-0.1, -0.05) is 52.9 Å². The molecule has 3 nitrogen and oxygen atoms in total. The minimum atomic E-state index is 0.295. The summed E-state index contributed by atoms with van der Waals surface area (Å²) in [7, 11) is 0. The predicted molar refractivity (Wildman–Crippen MR) is 106 cm³/mol. The molecular formula is C19H30IN3. The largest absolute Gasteiger partial charge is 0.299 e. The molecule has 0 bridgehead atoms. The lowest BCUT2D eigenvalue weighted by Gasteiger charge is -2.45. The number of nitrogens with zero attached hydrogens (tertiary/aromatic N) is 3. The van der Waals surface area contributed by atoms with Gasteiger partial charge in [0.25, 0.3) is 0 Å². The van der Waals surface area contributed by atoms with Crippen molar-refractivity contribution in [1.82, 2.24) is 14.7 Å². The van der Waals surface area contributed by atoms with E-state index in [1.807, 2.05) is 0 Å². The molecule has 2 aliphatic heterocycles. The van der Waals surface area contributed by atoms with Gasteiger partial charge in [0.1, 0.15) is 0 Å². The first kappa shape index (κ1) is 17.6. The van der Waals surface area contributed by atoms with E-state index in [2.05, 4.69) is 81.5 Å². The van der Waals surface area contributed by atoms with E-state index in [1.54, 1.807) is 0 Å². The fourth-order valence-electron chi connectivity index (χ4n) is 3.90. The van der Waals surface area contributed by atoms with Crippen molar-refractivity contribution in [2.45, 2.75) is 42.8 Å². The number of benzene rings is 1. The Kier molecular flexibility index (Phi) is 5.99. The summed E-state index contributed by atoms with van der Waals surface area (Å²) in [4.78, 5) is 7.99. The van der Waals surface area contributed by atoms with Crippen LogP contribution in [0, 0.1) is 0 Å². The summed E-state index contributed by atoms with van der Waals surface area (Å²) < 4.78 is 0.295. The normalized spacial score (nSPS) is 23.3. The molecule has 2 heterocycles. The van der Waals surface area contributed by atoms with Crippen LogP contribution in [0.15, 0.2) is 30.3 Å². The van der Waals surface area contributed by atoms with Gasteiger partial charge in [-0.25, -0.2) is 0 Å². The highest BCUT2D eigenvalue weighted by molar-refractivity contribution is 14.1. The second kappa shape index (κ2) is 7.81. The van der Waals surface area contributed by atoms with E-state index in [0.717, 1.165) is 12.6 Å². The van der Waals surface area contributed by atoms with Gasteiger partial charge in [0.15, 0.2) is 0 Å². The van der Waals surface area contributed by atoms with E-state index in [-0.39, 0.29) is 0 Å². The molecular weight excluding hydrogens is 397 g/mol. The zero-order valence-corrected chi connectivity index (χ0v) is 16.7. The van der Waals surface area contributed by atoms with Crippen LogP contribution in [0.2, 0.25) is 0 Å². The molecule has 1 aromatic carbocycles. The maximum Gasteiger partial charge on any atom is 0.0674 e. The van der Waals surface area contributed by atoms with Crippen molar-refractivity contribution in [1.29, 1.82) is 0 Å². The van der Waals surface area contributed by atoms with Crippen LogP contribution in [-0.4, -0.2) is 63.6 Å². The van der Waals surface area contributed by atoms with Gasteiger partial charge in [0.2, 0.25) is 0 Å². The van der Waals surface area contributed by atoms with Gasteiger partial charge < -0.3 is 0 Å². The maximum absolute atomic E-state index is 2.75. The summed E-state index contributed by atoms with van der Waals surface area (Å²) in [6, 6.07) is 11.7. The van der Waals surface area contributed by atoms with E-state index in [1.165, 1.54) is 57.7 Å². The SMILES string of the molecule is CC(C)(I)N1CCN(C2CCN(Cc3ccccc3)CC2)CC1. The van der Waals surface area contributed by atoms with E-state index < -0.39 is 0 Å². The Labute approximate surface area is 155 Å². The first-order valence-corrected chi connectivity index (χ1v) is 10.0. The number of piperazine rings is 1. The molecule has 0 aromatic heterocycles. The van der Waals surface area contributed by atoms with Crippen molar-refractivity contribution >= 4 is 22.6 Å². The van der Waals surface area contributed by atoms with Crippen molar-refractivity contribution in [3.63, 3.8) is 0 Å². The highest BCUT2D eigenvalue weighted by Gasteiger charge is 2.31. The molecule has 0 atom stereocenters. The third-order valence-electron chi connectivity index (χ3n) is 5.39. The smallest absolute Gasteiger partial charge is 0.0674 e. The molecule has 0 spiro atoms. The summed E-state index contributed by atoms with van der Waals surface area (Å²) in [6.45, 7) is 13.2. The second-order valence-corrected chi connectivity index (χ2v) is 10.1. The van der Waals surface area contributed by atoms with Gasteiger partial charge in [-0.15, -0.1) is 0 Å². The molecule has 23 heavy (non-hydrogen) atoms. The fourth-order valence-corrected chi connectivity index (χ4v) is 4.39. The van der Waals surface area contributed by atoms with Gasteiger partial charge >= 0.3 is 0 Å². The quantitative estimate of drug-likeness (QED) is 0.414. The number of rotatable bonds is 4. The fraction of sp³-hybridized carbons (Fsp3) is 0.684. The van der Waals surface area contributed by atoms with Gasteiger partial charge in [-0.3, -0.25) is 14.7 Å². The van der Waals surface area contributed by atoms with Gasteiger partial charge in [-0.05, 0) is 45.3 Å². The lowest BCUT2D eigenvalue weighted by Crippen LogP contribution is -2.56. The van der Waals surface area contributed by atoms with Crippen LogP contribution in [0.3, 0.4) is 0 Å². The predicted octanol–water partition coefficient (Wildman–Crippen LogP) is 3.44. The van der Waals surface area contributed by atoms with Crippen molar-refractivity contribution in [3.05, 3.63) is 35.9 Å². The summed E-state index contributed by atoms with van der Waals surface area (Å²) in [5, 5.41) is 0. The Morgan fingerprint density at radius 3 is 2.13 bits per heavy atom. The topological polar surface area (TPSA) is 9.72 Å². The zero-order valence-electron chi connectivity index (χ0n) is 14.5. The van der Waals surface area contributed by atoms with Crippen molar-refractivity contribution in [2.75, 3.05) is 39.3 Å². The molecule has 0 radical (unpaired) electrons. The van der Waals surface area contributed by atoms with Crippen molar-refractivity contribution < 1.29 is 0 Å². The number of hydrogen-bond acceptors (Lipinski definition) is 3. The summed E-state index contributed by atoms with van der Waals surface area (Å²) in [5.41, 5.74) is 1.45. The molecule has 2 aliphatic rings. The van der Waals surface area contributed by atoms with Gasteiger partial charge in [-0.2, -0.15) is 0 Å². The third-order valence-corrected chi connectivity index (χ3v) is 6.07. The Bertz CT molecular complexity index is 469. The molecule has 1 aromatic rings. The van der Waals surface area contributed by atoms with Crippen LogP contribution < -0.4 is 0 Å². The van der Waals surface area contributed by atoms with Gasteiger partial charge in [0, 0.05) is 38.8 Å². The van der Waals surface area contributed by atoms with E-state index >= 15 is 0 Å². The molecule has 3 rings (SSSR count). The Morgan fingerprint density at radius 2 is 1.57 bits per heavy atom. The van der Waals surface area contributed by atoms with Crippen LogP contribution in [-0.2, 0) is 6.54 Å². The standard InChI is InChI=1S/C19H30IN3/c1-19(2,20)23-14-12-22(13-15-23)18-8-10-21(11-9-18)16-17-6-4-3-5-7-17/h3-7,18H,8-16H2,1-2H3. The molecule has 128 valence electrons. The first-order chi connectivity index (χ1) is 11.0. The average Bonchev–Trinajstić information content (AvgIpc) is 2.56. The summed E-state index contributed by atoms with van der Waals surface area (Å²) in [6.07, 6.45) is 2.67. The highest BCUT2D eigenvalue weighted by atomic mass is 127. The van der Waals surface area contributed by atoms with Crippen molar-refractivity contribution in [2.24, 2.45) is 0 Å².